The van der Waals surface area contributed by atoms with Crippen LogP contribution < -0.4 is 5.73 Å². The van der Waals surface area contributed by atoms with Crippen LogP contribution in [0.15, 0.2) is 53.4 Å². The number of carbonyl (C=O) groups is 1. The Morgan fingerprint density at radius 2 is 1.71 bits per heavy atom. The van der Waals surface area contributed by atoms with Crippen molar-refractivity contribution in [3.05, 3.63) is 65.5 Å². The van der Waals surface area contributed by atoms with Crippen molar-refractivity contribution in [2.45, 2.75) is 23.8 Å². The molecule has 0 bridgehead atoms. The fraction of sp³-hybridized carbons (Fsp3) is 0.235. The van der Waals surface area contributed by atoms with Gasteiger partial charge in [0.2, 0.25) is 15.9 Å². The van der Waals surface area contributed by atoms with E-state index in [1.54, 1.807) is 12.1 Å². The number of carbonyl (C=O) groups excluding carboxylic acids is 1. The molecule has 1 aliphatic heterocycles. The third-order valence-corrected chi connectivity index (χ3v) is 6.13. The quantitative estimate of drug-likeness (QED) is 0.921. The predicted molar refractivity (Wildman–Crippen MR) is 87.2 cm³/mol. The van der Waals surface area contributed by atoms with Crippen LogP contribution in [0.4, 0.5) is 4.39 Å². The molecule has 0 spiro atoms. The van der Waals surface area contributed by atoms with Gasteiger partial charge in [-0.2, -0.15) is 4.31 Å². The molecule has 2 N–H and O–H groups in total. The van der Waals surface area contributed by atoms with E-state index in [1.165, 1.54) is 40.7 Å². The van der Waals surface area contributed by atoms with Gasteiger partial charge in [0.25, 0.3) is 0 Å². The van der Waals surface area contributed by atoms with Crippen LogP contribution in [0, 0.1) is 5.82 Å². The molecular formula is C17H17FN2O3S. The van der Waals surface area contributed by atoms with Crippen LogP contribution in [0.25, 0.3) is 0 Å². The number of nitrogens with two attached hydrogens (primary N) is 1. The van der Waals surface area contributed by atoms with Crippen molar-refractivity contribution in [2.75, 3.05) is 6.54 Å². The number of benzene rings is 2. The van der Waals surface area contributed by atoms with Gasteiger partial charge in [0.1, 0.15) is 5.82 Å². The van der Waals surface area contributed by atoms with E-state index < -0.39 is 15.9 Å². The summed E-state index contributed by atoms with van der Waals surface area (Å²) in [4.78, 5) is 11.2. The Balaban J connectivity index is 1.93. The molecule has 1 heterocycles. The standard InChI is InChI=1S/C17H17FN2O3S/c18-14-7-3-12(4-8-14)16-2-1-11-20(16)24(22,23)15-9-5-13(6-10-15)17(19)21/h3-10,16H,1-2,11H2,(H2,19,21)/t16-/m0/s1. The number of primary amides is 1. The Morgan fingerprint density at radius 1 is 1.08 bits per heavy atom. The van der Waals surface area contributed by atoms with Crippen LogP contribution in [0.1, 0.15) is 34.8 Å². The molecule has 0 radical (unpaired) electrons. The van der Waals surface area contributed by atoms with Gasteiger partial charge in [-0.1, -0.05) is 12.1 Å². The summed E-state index contributed by atoms with van der Waals surface area (Å²) < 4.78 is 40.3. The molecule has 5 nitrogen and oxygen atoms in total. The highest BCUT2D eigenvalue weighted by atomic mass is 32.2. The lowest BCUT2D eigenvalue weighted by Crippen LogP contribution is -2.30. The van der Waals surface area contributed by atoms with Gasteiger partial charge in [-0.05, 0) is 54.8 Å². The number of hydrogen-bond donors (Lipinski definition) is 1. The first-order chi connectivity index (χ1) is 11.4. The van der Waals surface area contributed by atoms with Crippen molar-refractivity contribution in [3.63, 3.8) is 0 Å². The minimum absolute atomic E-state index is 0.113. The topological polar surface area (TPSA) is 80.5 Å². The van der Waals surface area contributed by atoms with Crippen LogP contribution in [-0.4, -0.2) is 25.2 Å². The van der Waals surface area contributed by atoms with Gasteiger partial charge in [0, 0.05) is 12.1 Å². The minimum atomic E-state index is -3.70. The van der Waals surface area contributed by atoms with E-state index in [2.05, 4.69) is 0 Å². The number of nitrogens with zero attached hydrogens (tertiary/aromatic N) is 1. The lowest BCUT2D eigenvalue weighted by Gasteiger charge is -2.24. The number of sulfonamides is 1. The van der Waals surface area contributed by atoms with Gasteiger partial charge in [-0.3, -0.25) is 4.79 Å². The zero-order chi connectivity index (χ0) is 17.3. The second-order valence-electron chi connectivity index (χ2n) is 5.71. The molecule has 1 fully saturated rings. The largest absolute Gasteiger partial charge is 0.366 e. The molecule has 1 saturated heterocycles. The zero-order valence-corrected chi connectivity index (χ0v) is 13.7. The van der Waals surface area contributed by atoms with Gasteiger partial charge in [0.05, 0.1) is 10.9 Å². The first kappa shape index (κ1) is 16.6. The molecular weight excluding hydrogens is 331 g/mol. The van der Waals surface area contributed by atoms with Crippen LogP contribution >= 0.6 is 0 Å². The van der Waals surface area contributed by atoms with E-state index >= 15 is 0 Å². The highest BCUT2D eigenvalue weighted by molar-refractivity contribution is 7.89. The monoisotopic (exact) mass is 348 g/mol. The molecule has 1 aliphatic rings. The van der Waals surface area contributed by atoms with Gasteiger partial charge in [0.15, 0.2) is 0 Å². The van der Waals surface area contributed by atoms with Crippen LogP contribution in [0.2, 0.25) is 0 Å². The molecule has 7 heteroatoms. The smallest absolute Gasteiger partial charge is 0.248 e. The van der Waals surface area contributed by atoms with Crippen molar-refractivity contribution < 1.29 is 17.6 Å². The summed E-state index contributed by atoms with van der Waals surface area (Å²) in [6, 6.07) is 11.2. The summed E-state index contributed by atoms with van der Waals surface area (Å²) in [6.45, 7) is 0.405. The average Bonchev–Trinajstić information content (AvgIpc) is 3.06. The first-order valence-corrected chi connectivity index (χ1v) is 9.01. The van der Waals surface area contributed by atoms with Crippen LogP contribution in [0.3, 0.4) is 0 Å². The summed E-state index contributed by atoms with van der Waals surface area (Å²) >= 11 is 0. The van der Waals surface area contributed by atoms with E-state index in [-0.39, 0.29) is 22.3 Å². The van der Waals surface area contributed by atoms with Crippen molar-refractivity contribution in [3.8, 4) is 0 Å². The lowest BCUT2D eigenvalue weighted by molar-refractivity contribution is 0.1000. The Bertz CT molecular complexity index is 848. The third-order valence-electron chi connectivity index (χ3n) is 4.20. The molecule has 0 aliphatic carbocycles. The zero-order valence-electron chi connectivity index (χ0n) is 12.9. The maximum Gasteiger partial charge on any atom is 0.248 e. The molecule has 2 aromatic rings. The third kappa shape index (κ3) is 3.05. The summed E-state index contributed by atoms with van der Waals surface area (Å²) in [5.74, 6) is -0.961. The number of rotatable bonds is 4. The van der Waals surface area contributed by atoms with Crippen molar-refractivity contribution in [2.24, 2.45) is 5.73 Å². The minimum Gasteiger partial charge on any atom is -0.366 e. The van der Waals surface area contributed by atoms with Crippen LogP contribution in [-0.2, 0) is 10.0 Å². The normalized spacial score (nSPS) is 18.6. The van der Waals surface area contributed by atoms with E-state index in [4.69, 9.17) is 5.73 Å². The first-order valence-electron chi connectivity index (χ1n) is 7.57. The number of amides is 1. The highest BCUT2D eigenvalue weighted by Gasteiger charge is 2.36. The van der Waals surface area contributed by atoms with Crippen molar-refractivity contribution in [1.29, 1.82) is 0 Å². The van der Waals surface area contributed by atoms with Crippen molar-refractivity contribution >= 4 is 15.9 Å². The lowest BCUT2D eigenvalue weighted by atomic mass is 10.1. The summed E-state index contributed by atoms with van der Waals surface area (Å²) in [5.41, 5.74) is 6.20. The van der Waals surface area contributed by atoms with E-state index in [9.17, 15) is 17.6 Å². The van der Waals surface area contributed by atoms with Gasteiger partial charge in [-0.15, -0.1) is 0 Å². The average molecular weight is 348 g/mol. The maximum absolute atomic E-state index is 13.1. The second kappa shape index (κ2) is 6.33. The van der Waals surface area contributed by atoms with Crippen LogP contribution in [0.5, 0.6) is 0 Å². The second-order valence-corrected chi connectivity index (χ2v) is 7.60. The summed E-state index contributed by atoms with van der Waals surface area (Å²) in [5, 5.41) is 0. The molecule has 0 unspecified atom stereocenters. The van der Waals surface area contributed by atoms with Crippen molar-refractivity contribution in [1.82, 2.24) is 4.31 Å². The molecule has 126 valence electrons. The Morgan fingerprint density at radius 3 is 2.29 bits per heavy atom. The number of halogens is 1. The Hall–Kier alpha value is -2.25. The Kier molecular flexibility index (Phi) is 4.38. The maximum atomic E-state index is 13.1. The van der Waals surface area contributed by atoms with E-state index in [0.717, 1.165) is 12.0 Å². The fourth-order valence-electron chi connectivity index (χ4n) is 2.97. The highest BCUT2D eigenvalue weighted by Crippen LogP contribution is 2.36. The summed E-state index contributed by atoms with van der Waals surface area (Å²) in [6.07, 6.45) is 1.42. The molecule has 24 heavy (non-hydrogen) atoms. The molecule has 0 aromatic heterocycles. The SMILES string of the molecule is NC(=O)c1ccc(S(=O)(=O)N2CCC[C@H]2c2ccc(F)cc2)cc1. The fourth-order valence-corrected chi connectivity index (χ4v) is 4.65. The molecule has 3 rings (SSSR count). The predicted octanol–water partition coefficient (Wildman–Crippen LogP) is 2.45. The molecule has 1 atom stereocenters. The van der Waals surface area contributed by atoms with Gasteiger partial charge < -0.3 is 5.73 Å². The van der Waals surface area contributed by atoms with E-state index in [0.29, 0.717) is 13.0 Å². The van der Waals surface area contributed by atoms with Gasteiger partial charge >= 0.3 is 0 Å². The molecule has 0 saturated carbocycles. The number of hydrogen-bond acceptors (Lipinski definition) is 3. The van der Waals surface area contributed by atoms with Gasteiger partial charge in [-0.25, -0.2) is 12.8 Å². The molecule has 2 aromatic carbocycles. The van der Waals surface area contributed by atoms with E-state index in [1.807, 2.05) is 0 Å². The molecule has 1 amide bonds. The Labute approximate surface area is 139 Å². The summed E-state index contributed by atoms with van der Waals surface area (Å²) in [7, 11) is -3.70.